The fourth-order valence-corrected chi connectivity index (χ4v) is 10.6. The molecule has 2 aromatic rings. The molecule has 8 N–H and O–H groups in total. The van der Waals surface area contributed by atoms with Crippen molar-refractivity contribution in [1.29, 1.82) is 0 Å². The van der Waals surface area contributed by atoms with Crippen molar-refractivity contribution in [3.05, 3.63) is 57.6 Å². The van der Waals surface area contributed by atoms with Crippen LogP contribution in [0.1, 0.15) is 109 Å². The number of aliphatic hydroxyl groups is 6. The highest BCUT2D eigenvalue weighted by molar-refractivity contribution is 6.10. The molecule has 17 unspecified atom stereocenters. The van der Waals surface area contributed by atoms with Gasteiger partial charge < -0.3 is 88.2 Å². The molecule has 0 aromatic heterocycles. The largest absolute Gasteiger partial charge is 0.507 e. The predicted molar refractivity (Wildman–Crippen MR) is 227 cm³/mol. The SMILES string of the molecule is CCCC1Cc2cc3c(c(O)c2C(=O)O1)-c1c(O)c2c(c(OC)c1C(O)C3O)OC1C=CC(OC3CC(O)C(OC4CC(O)C(OC5CC(OC)C(O)C(C)O5)C(C)O4)C(C)O3)=C(O)C1C2=O. The van der Waals surface area contributed by atoms with Gasteiger partial charge in [-0.15, -0.1) is 0 Å². The van der Waals surface area contributed by atoms with E-state index >= 15 is 0 Å². The standard InChI is InChI=1S/C47H58O20/c1-7-8-20-11-19-12-21-31(39(53)30(19)47(57)63-20)33-34(42(56)37(21)51)45(59-6)46-35(41(33)55)40(54)32-24(65-46)9-10-25(38(32)52)64-27-13-22(48)43(17(3)61-27)66-28-14-23(49)44(18(4)62-28)67-29-15-26(58-5)36(50)16(2)60-29/h9-10,12,16-18,20,22-24,26-29,32,36-37,42-44,48-53,55-56H,7-8,11,13-15H2,1-6H3. The number of ketones is 1. The second-order valence-electron chi connectivity index (χ2n) is 18.3. The first-order valence-corrected chi connectivity index (χ1v) is 22.7. The average Bonchev–Trinajstić information content (AvgIpc) is 3.27. The number of phenols is 2. The first kappa shape index (κ1) is 47.5. The minimum Gasteiger partial charge on any atom is -0.507 e. The van der Waals surface area contributed by atoms with Crippen LogP contribution in [-0.4, -0.2) is 153 Å². The van der Waals surface area contributed by atoms with Gasteiger partial charge in [0.1, 0.15) is 77.0 Å². The summed E-state index contributed by atoms with van der Waals surface area (Å²) in [7, 11) is 2.72. The van der Waals surface area contributed by atoms with Crippen LogP contribution in [0.4, 0.5) is 0 Å². The summed E-state index contributed by atoms with van der Waals surface area (Å²) >= 11 is 0. The van der Waals surface area contributed by atoms with Crippen LogP contribution in [0, 0.1) is 5.92 Å². The number of cyclic esters (lactones) is 1. The Bertz CT molecular complexity index is 2300. The zero-order valence-corrected chi connectivity index (χ0v) is 37.8. The van der Waals surface area contributed by atoms with Gasteiger partial charge in [-0.25, -0.2) is 4.79 Å². The average molecular weight is 943 g/mol. The summed E-state index contributed by atoms with van der Waals surface area (Å²) in [5.41, 5.74) is -0.975. The van der Waals surface area contributed by atoms with Crippen molar-refractivity contribution >= 4 is 11.8 Å². The van der Waals surface area contributed by atoms with Gasteiger partial charge in [0.15, 0.2) is 35.6 Å². The number of carbonyl (C=O) groups excluding carboxylic acids is 2. The zero-order chi connectivity index (χ0) is 47.9. The molecule has 9 rings (SSSR count). The molecule has 7 aliphatic rings. The third-order valence-corrected chi connectivity index (χ3v) is 13.9. The van der Waals surface area contributed by atoms with Gasteiger partial charge >= 0.3 is 5.97 Å². The lowest BCUT2D eigenvalue weighted by Gasteiger charge is -2.44. The normalized spacial score (nSPS) is 37.9. The van der Waals surface area contributed by atoms with Gasteiger partial charge in [0.05, 0.1) is 43.7 Å². The van der Waals surface area contributed by atoms with E-state index in [-0.39, 0.29) is 70.8 Å². The van der Waals surface area contributed by atoms with Gasteiger partial charge in [0, 0.05) is 49.5 Å². The number of ether oxygens (including phenoxy) is 10. The van der Waals surface area contributed by atoms with Crippen LogP contribution >= 0.6 is 0 Å². The fourth-order valence-electron chi connectivity index (χ4n) is 10.6. The molecule has 5 aliphatic heterocycles. The topological polar surface area (TPSA) is 288 Å². The smallest absolute Gasteiger partial charge is 0.342 e. The Morgan fingerprint density at radius 3 is 2.01 bits per heavy atom. The third kappa shape index (κ3) is 8.12. The van der Waals surface area contributed by atoms with E-state index in [1.807, 2.05) is 6.92 Å². The number of phenolic OH excluding ortho intramolecular Hbond substituents is 2. The summed E-state index contributed by atoms with van der Waals surface area (Å²) in [5, 5.41) is 91.2. The highest BCUT2D eigenvalue weighted by atomic mass is 16.7. The first-order valence-electron chi connectivity index (χ1n) is 22.7. The number of methoxy groups -OCH3 is 2. The molecule has 5 heterocycles. The molecule has 0 radical (unpaired) electrons. The van der Waals surface area contributed by atoms with Crippen molar-refractivity contribution in [3.63, 3.8) is 0 Å². The highest BCUT2D eigenvalue weighted by Crippen LogP contribution is 2.61. The molecule has 20 nitrogen and oxygen atoms in total. The fraction of sp³-hybridized carbons (Fsp3) is 0.617. The number of fused-ring (bicyclic) bond motifs is 6. The van der Waals surface area contributed by atoms with Crippen molar-refractivity contribution < 1.29 is 97.8 Å². The van der Waals surface area contributed by atoms with Gasteiger partial charge in [-0.2, -0.15) is 0 Å². The summed E-state index contributed by atoms with van der Waals surface area (Å²) in [4.78, 5) is 27.9. The van der Waals surface area contributed by atoms with Crippen LogP contribution in [0.3, 0.4) is 0 Å². The van der Waals surface area contributed by atoms with Gasteiger partial charge in [-0.05, 0) is 50.5 Å². The lowest BCUT2D eigenvalue weighted by Crippen LogP contribution is -2.56. The van der Waals surface area contributed by atoms with E-state index in [9.17, 15) is 50.4 Å². The second kappa shape index (κ2) is 18.4. The van der Waals surface area contributed by atoms with Crippen LogP contribution < -0.4 is 9.47 Å². The Morgan fingerprint density at radius 2 is 1.37 bits per heavy atom. The van der Waals surface area contributed by atoms with Gasteiger partial charge in [0.2, 0.25) is 6.29 Å². The van der Waals surface area contributed by atoms with Crippen molar-refractivity contribution in [2.45, 2.75) is 164 Å². The molecule has 3 fully saturated rings. The van der Waals surface area contributed by atoms with E-state index in [2.05, 4.69) is 0 Å². The monoisotopic (exact) mass is 942 g/mol. The molecule has 2 aromatic carbocycles. The van der Waals surface area contributed by atoms with Crippen molar-refractivity contribution in [2.75, 3.05) is 14.2 Å². The van der Waals surface area contributed by atoms with E-state index in [1.165, 1.54) is 32.4 Å². The first-order chi connectivity index (χ1) is 31.9. The molecule has 17 atom stereocenters. The lowest BCUT2D eigenvalue weighted by atomic mass is 9.75. The van der Waals surface area contributed by atoms with E-state index < -0.39 is 139 Å². The van der Waals surface area contributed by atoms with Crippen LogP contribution in [-0.2, 0) is 44.3 Å². The van der Waals surface area contributed by atoms with Crippen LogP contribution in [0.15, 0.2) is 29.7 Å². The number of benzene rings is 2. The number of hydrogen-bond donors (Lipinski definition) is 8. The lowest BCUT2D eigenvalue weighted by molar-refractivity contribution is -0.332. The second-order valence-corrected chi connectivity index (χ2v) is 18.3. The molecule has 0 amide bonds. The number of esters is 1. The maximum Gasteiger partial charge on any atom is 0.342 e. The van der Waals surface area contributed by atoms with Crippen LogP contribution in [0.5, 0.6) is 23.0 Å². The van der Waals surface area contributed by atoms with Gasteiger partial charge in [0.25, 0.3) is 0 Å². The Kier molecular flexibility index (Phi) is 13.0. The predicted octanol–water partition coefficient (Wildman–Crippen LogP) is 2.92. The number of hydrogen-bond acceptors (Lipinski definition) is 20. The number of allylic oxidation sites excluding steroid dienone is 1. The summed E-state index contributed by atoms with van der Waals surface area (Å²) in [6.07, 6.45) is -10.8. The summed E-state index contributed by atoms with van der Waals surface area (Å²) in [5.74, 6) is -5.85. The molecule has 2 aliphatic carbocycles. The zero-order valence-electron chi connectivity index (χ0n) is 37.8. The van der Waals surface area contributed by atoms with E-state index in [4.69, 9.17) is 47.4 Å². The third-order valence-electron chi connectivity index (χ3n) is 13.9. The van der Waals surface area contributed by atoms with Crippen molar-refractivity contribution in [2.24, 2.45) is 5.92 Å². The highest BCUT2D eigenvalue weighted by Gasteiger charge is 2.51. The number of aromatic hydroxyl groups is 2. The number of Topliss-reactive ketones (excluding diaryl/α,β-unsaturated/α-hetero) is 1. The number of aliphatic hydroxyl groups excluding tert-OH is 6. The number of rotatable bonds is 10. The number of carbonyl (C=O) groups is 2. The maximum absolute atomic E-state index is 14.6. The van der Waals surface area contributed by atoms with E-state index in [1.54, 1.807) is 20.8 Å². The van der Waals surface area contributed by atoms with Gasteiger partial charge in [-0.3, -0.25) is 4.79 Å². The van der Waals surface area contributed by atoms with E-state index in [0.717, 1.165) is 6.42 Å². The summed E-state index contributed by atoms with van der Waals surface area (Å²) in [6, 6.07) is 1.48. The molecule has 67 heavy (non-hydrogen) atoms. The minimum absolute atomic E-state index is 0.00274. The van der Waals surface area contributed by atoms with Crippen LogP contribution in [0.25, 0.3) is 11.1 Å². The molecule has 0 spiro atoms. The molecule has 0 saturated carbocycles. The Hall–Kier alpha value is -4.58. The molecule has 0 bridgehead atoms. The summed E-state index contributed by atoms with van der Waals surface area (Å²) < 4.78 is 59.1. The molecule has 3 saturated heterocycles. The van der Waals surface area contributed by atoms with Crippen molar-refractivity contribution in [3.8, 4) is 34.1 Å². The maximum atomic E-state index is 14.6. The Labute approximate surface area is 385 Å². The van der Waals surface area contributed by atoms with Gasteiger partial charge in [-0.1, -0.05) is 19.4 Å². The Balaban J connectivity index is 0.912. The van der Waals surface area contributed by atoms with Crippen LogP contribution in [0.2, 0.25) is 0 Å². The minimum atomic E-state index is -1.75. The van der Waals surface area contributed by atoms with Crippen molar-refractivity contribution in [1.82, 2.24) is 0 Å². The molecule has 20 heteroatoms. The molecular formula is C47H58O20. The van der Waals surface area contributed by atoms with E-state index in [0.29, 0.717) is 12.0 Å². The molecular weight excluding hydrogens is 884 g/mol. The Morgan fingerprint density at radius 1 is 0.746 bits per heavy atom. The summed E-state index contributed by atoms with van der Waals surface area (Å²) in [6.45, 7) is 6.98. The molecule has 366 valence electrons. The quantitative estimate of drug-likeness (QED) is 0.159.